The molecule has 2 heterocycles. The molecule has 1 aliphatic rings. The van der Waals surface area contributed by atoms with Crippen LogP contribution in [0.25, 0.3) is 0 Å². The molecule has 0 aromatic carbocycles. The van der Waals surface area contributed by atoms with E-state index in [1.807, 2.05) is 17.9 Å². The Morgan fingerprint density at radius 3 is 2.94 bits per heavy atom. The zero-order valence-electron chi connectivity index (χ0n) is 10.4. The largest absolute Gasteiger partial charge is 0.387 e. The van der Waals surface area contributed by atoms with Crippen molar-refractivity contribution in [3.63, 3.8) is 0 Å². The van der Waals surface area contributed by atoms with Gasteiger partial charge in [0, 0.05) is 19.3 Å². The Morgan fingerprint density at radius 2 is 2.33 bits per heavy atom. The van der Waals surface area contributed by atoms with Crippen molar-refractivity contribution < 1.29 is 9.90 Å². The molecule has 0 radical (unpaired) electrons. The van der Waals surface area contributed by atoms with E-state index in [4.69, 9.17) is 0 Å². The Morgan fingerprint density at radius 1 is 1.56 bits per heavy atom. The normalized spacial score (nSPS) is 17.9. The van der Waals surface area contributed by atoms with Crippen molar-refractivity contribution in [3.8, 4) is 0 Å². The van der Waals surface area contributed by atoms with Gasteiger partial charge in [0.05, 0.1) is 12.1 Å². The number of nitrogens with zero attached hydrogens (tertiary/aromatic N) is 2. The van der Waals surface area contributed by atoms with Gasteiger partial charge in [-0.15, -0.1) is 0 Å². The molecule has 1 aromatic rings. The number of carbonyl (C=O) groups is 1. The zero-order chi connectivity index (χ0) is 13.0. The molecule has 6 nitrogen and oxygen atoms in total. The Kier molecular flexibility index (Phi) is 3.78. The molecular weight excluding hydrogens is 232 g/mol. The number of amides is 1. The quantitative estimate of drug-likeness (QED) is 0.640. The van der Waals surface area contributed by atoms with E-state index in [0.717, 1.165) is 6.42 Å². The van der Waals surface area contributed by atoms with Crippen molar-refractivity contribution in [3.05, 3.63) is 24.4 Å². The number of anilines is 1. The van der Waals surface area contributed by atoms with E-state index < -0.39 is 5.60 Å². The minimum atomic E-state index is -0.602. The highest BCUT2D eigenvalue weighted by Crippen LogP contribution is 2.23. The van der Waals surface area contributed by atoms with Crippen LogP contribution in [0.2, 0.25) is 0 Å². The summed E-state index contributed by atoms with van der Waals surface area (Å²) in [6.45, 7) is 3.34. The van der Waals surface area contributed by atoms with Crippen LogP contribution in [0.4, 0.5) is 5.82 Å². The minimum Gasteiger partial charge on any atom is -0.387 e. The summed E-state index contributed by atoms with van der Waals surface area (Å²) in [7, 11) is 0. The third-order valence-corrected chi connectivity index (χ3v) is 3.06. The molecule has 0 spiro atoms. The van der Waals surface area contributed by atoms with Gasteiger partial charge < -0.3 is 5.11 Å². The van der Waals surface area contributed by atoms with Gasteiger partial charge in [-0.05, 0) is 18.6 Å². The topological polar surface area (TPSA) is 77.5 Å². The second-order valence-corrected chi connectivity index (χ2v) is 4.61. The molecule has 3 N–H and O–H groups in total. The van der Waals surface area contributed by atoms with E-state index in [9.17, 15) is 9.90 Å². The fourth-order valence-electron chi connectivity index (χ4n) is 1.93. The first-order chi connectivity index (χ1) is 8.61. The van der Waals surface area contributed by atoms with Crippen molar-refractivity contribution in [2.45, 2.75) is 18.9 Å². The fraction of sp³-hybridized carbons (Fsp3) is 0.500. The number of nitrogens with one attached hydrogen (secondary N) is 2. The molecule has 98 valence electrons. The highest BCUT2D eigenvalue weighted by atomic mass is 16.3. The average Bonchev–Trinajstić information content (AvgIpc) is 2.35. The number of aliphatic hydroxyl groups is 1. The Hall–Kier alpha value is -1.66. The van der Waals surface area contributed by atoms with E-state index in [1.54, 1.807) is 18.3 Å². The van der Waals surface area contributed by atoms with Crippen molar-refractivity contribution in [1.29, 1.82) is 0 Å². The SMILES string of the molecule is CCC1(O)CN(CC(=O)NNc2ccccn2)C1. The van der Waals surface area contributed by atoms with Crippen LogP contribution in [0.15, 0.2) is 24.4 Å². The molecule has 6 heteroatoms. The zero-order valence-corrected chi connectivity index (χ0v) is 10.4. The Labute approximate surface area is 106 Å². The van der Waals surface area contributed by atoms with Crippen LogP contribution >= 0.6 is 0 Å². The molecule has 0 unspecified atom stereocenters. The lowest BCUT2D eigenvalue weighted by Gasteiger charge is -2.45. The van der Waals surface area contributed by atoms with Crippen molar-refractivity contribution in [2.75, 3.05) is 25.1 Å². The molecule has 1 aromatic heterocycles. The number of β-amino-alcohol motifs (C(OH)–C–C–N with tert-alkyl or cyclic N) is 1. The summed E-state index contributed by atoms with van der Waals surface area (Å²) >= 11 is 0. The molecule has 2 rings (SSSR count). The number of rotatable bonds is 5. The summed E-state index contributed by atoms with van der Waals surface area (Å²) in [5, 5.41) is 9.81. The first-order valence-electron chi connectivity index (χ1n) is 6.02. The second-order valence-electron chi connectivity index (χ2n) is 4.61. The lowest BCUT2D eigenvalue weighted by Crippen LogP contribution is -2.63. The number of carbonyl (C=O) groups excluding carboxylic acids is 1. The molecule has 18 heavy (non-hydrogen) atoms. The van der Waals surface area contributed by atoms with E-state index in [2.05, 4.69) is 15.8 Å². The van der Waals surface area contributed by atoms with Crippen molar-refractivity contribution >= 4 is 11.7 Å². The summed E-state index contributed by atoms with van der Waals surface area (Å²) in [6.07, 6.45) is 2.36. The average molecular weight is 250 g/mol. The molecular formula is C12H18N4O2. The van der Waals surface area contributed by atoms with Gasteiger partial charge in [0.25, 0.3) is 5.91 Å². The van der Waals surface area contributed by atoms with Gasteiger partial charge in [-0.3, -0.25) is 20.5 Å². The molecule has 0 atom stereocenters. The van der Waals surface area contributed by atoms with Gasteiger partial charge in [0.1, 0.15) is 5.82 Å². The summed E-state index contributed by atoms with van der Waals surface area (Å²) in [6, 6.07) is 5.40. The van der Waals surface area contributed by atoms with E-state index >= 15 is 0 Å². The molecule has 0 bridgehead atoms. The standard InChI is InChI=1S/C12H18N4O2/c1-2-12(18)8-16(9-12)7-11(17)15-14-10-5-3-4-6-13-10/h3-6,18H,2,7-9H2,1H3,(H,13,14)(H,15,17). The molecule has 1 aliphatic heterocycles. The summed E-state index contributed by atoms with van der Waals surface area (Å²) in [5.74, 6) is 0.457. The third kappa shape index (κ3) is 3.18. The highest BCUT2D eigenvalue weighted by Gasteiger charge is 2.39. The van der Waals surface area contributed by atoms with Crippen LogP contribution in [0.5, 0.6) is 0 Å². The minimum absolute atomic E-state index is 0.140. The monoisotopic (exact) mass is 250 g/mol. The number of hydrazine groups is 1. The Balaban J connectivity index is 1.68. The smallest absolute Gasteiger partial charge is 0.252 e. The van der Waals surface area contributed by atoms with Crippen molar-refractivity contribution in [2.24, 2.45) is 0 Å². The maximum atomic E-state index is 11.6. The predicted molar refractivity (Wildman–Crippen MR) is 67.7 cm³/mol. The van der Waals surface area contributed by atoms with E-state index in [-0.39, 0.29) is 12.5 Å². The van der Waals surface area contributed by atoms with Crippen LogP contribution in [-0.2, 0) is 4.79 Å². The van der Waals surface area contributed by atoms with E-state index in [1.165, 1.54) is 0 Å². The van der Waals surface area contributed by atoms with Gasteiger partial charge in [-0.1, -0.05) is 13.0 Å². The summed E-state index contributed by atoms with van der Waals surface area (Å²) in [5.41, 5.74) is 4.70. The molecule has 1 fully saturated rings. The lowest BCUT2D eigenvalue weighted by molar-refractivity contribution is -0.132. The number of hydrogen-bond acceptors (Lipinski definition) is 5. The first kappa shape index (κ1) is 12.8. The Bertz CT molecular complexity index is 404. The maximum Gasteiger partial charge on any atom is 0.252 e. The summed E-state index contributed by atoms with van der Waals surface area (Å²) in [4.78, 5) is 17.5. The number of likely N-dealkylation sites (tertiary alicyclic amines) is 1. The van der Waals surface area contributed by atoms with Gasteiger partial charge in [0.2, 0.25) is 0 Å². The molecule has 1 amide bonds. The highest BCUT2D eigenvalue weighted by molar-refractivity contribution is 5.79. The molecule has 0 saturated carbocycles. The summed E-state index contributed by atoms with van der Waals surface area (Å²) < 4.78 is 0. The predicted octanol–water partition coefficient (Wildman–Crippen LogP) is -0.0186. The van der Waals surface area contributed by atoms with Gasteiger partial charge in [-0.25, -0.2) is 4.98 Å². The van der Waals surface area contributed by atoms with E-state index in [0.29, 0.717) is 18.9 Å². The molecule has 1 saturated heterocycles. The van der Waals surface area contributed by atoms with Crippen LogP contribution in [0.3, 0.4) is 0 Å². The van der Waals surface area contributed by atoms with Crippen LogP contribution in [0.1, 0.15) is 13.3 Å². The van der Waals surface area contributed by atoms with Gasteiger partial charge in [0.15, 0.2) is 0 Å². The van der Waals surface area contributed by atoms with Crippen molar-refractivity contribution in [1.82, 2.24) is 15.3 Å². The van der Waals surface area contributed by atoms with Gasteiger partial charge >= 0.3 is 0 Å². The van der Waals surface area contributed by atoms with Gasteiger partial charge in [-0.2, -0.15) is 0 Å². The maximum absolute atomic E-state index is 11.6. The fourth-order valence-corrected chi connectivity index (χ4v) is 1.93. The number of aromatic nitrogens is 1. The first-order valence-corrected chi connectivity index (χ1v) is 6.02. The number of pyridine rings is 1. The van der Waals surface area contributed by atoms with Crippen LogP contribution < -0.4 is 10.9 Å². The third-order valence-electron chi connectivity index (χ3n) is 3.06. The number of hydrogen-bond donors (Lipinski definition) is 3. The second kappa shape index (κ2) is 5.32. The van der Waals surface area contributed by atoms with Crippen LogP contribution in [-0.4, -0.2) is 46.1 Å². The van der Waals surface area contributed by atoms with Crippen LogP contribution in [0, 0.1) is 0 Å². The molecule has 0 aliphatic carbocycles. The lowest BCUT2D eigenvalue weighted by atomic mass is 9.91.